The minimum atomic E-state index is -3.95. The zero-order valence-corrected chi connectivity index (χ0v) is 18.1. The number of anilines is 1. The normalized spacial score (nSPS) is 16.8. The van der Waals surface area contributed by atoms with Crippen LogP contribution in [-0.2, 0) is 14.8 Å². The van der Waals surface area contributed by atoms with Crippen LogP contribution in [0.25, 0.3) is 0 Å². The molecule has 1 aliphatic heterocycles. The van der Waals surface area contributed by atoms with Crippen LogP contribution in [0, 0.1) is 11.6 Å². The number of nitrogens with zero attached hydrogens (tertiary/aromatic N) is 1. The van der Waals surface area contributed by atoms with Crippen LogP contribution >= 0.6 is 0 Å². The quantitative estimate of drug-likeness (QED) is 0.503. The highest BCUT2D eigenvalue weighted by atomic mass is 32.2. The molecule has 1 aromatic carbocycles. The van der Waals surface area contributed by atoms with Crippen LogP contribution in [0.1, 0.15) is 16.8 Å². The van der Waals surface area contributed by atoms with Crippen molar-refractivity contribution in [3.63, 3.8) is 0 Å². The van der Waals surface area contributed by atoms with E-state index in [4.69, 9.17) is 9.47 Å². The van der Waals surface area contributed by atoms with Gasteiger partial charge in [-0.3, -0.25) is 4.79 Å². The zero-order chi connectivity index (χ0) is 22.8. The summed E-state index contributed by atoms with van der Waals surface area (Å²) in [7, 11) is 1.30. The van der Waals surface area contributed by atoms with E-state index in [1.54, 1.807) is 23.5 Å². The number of nitrogens with one attached hydrogen (secondary N) is 2. The molecule has 31 heavy (non-hydrogen) atoms. The minimum absolute atomic E-state index is 0.0932. The first-order chi connectivity index (χ1) is 14.4. The highest BCUT2D eigenvalue weighted by molar-refractivity contribution is 7.89. The first-order valence-electron chi connectivity index (χ1n) is 9.50. The molecule has 2 N–H and O–H groups in total. The number of amides is 1. The fourth-order valence-electron chi connectivity index (χ4n) is 2.87. The molecule has 1 aromatic heterocycles. The molecular weight excluding hydrogens is 429 g/mol. The van der Waals surface area contributed by atoms with E-state index in [0.717, 1.165) is 12.3 Å². The van der Waals surface area contributed by atoms with E-state index in [0.29, 0.717) is 19.1 Å². The summed E-state index contributed by atoms with van der Waals surface area (Å²) in [5.74, 6) is -3.24. The number of hydrogen-bond donors (Lipinski definition) is 2. The smallest absolute Gasteiger partial charge is 0.260 e. The van der Waals surface area contributed by atoms with Crippen molar-refractivity contribution in [2.75, 3.05) is 18.5 Å². The third kappa shape index (κ3) is 6.05. The van der Waals surface area contributed by atoms with E-state index in [9.17, 15) is 22.0 Å². The topological polar surface area (TPSA) is 107 Å². The Bertz CT molecular complexity index is 1090. The molecule has 1 amide bonds. The number of hydrogen-bond acceptors (Lipinski definition) is 6. The highest BCUT2D eigenvalue weighted by Gasteiger charge is 2.27. The van der Waals surface area contributed by atoms with Crippen molar-refractivity contribution in [3.05, 3.63) is 47.7 Å². The summed E-state index contributed by atoms with van der Waals surface area (Å²) in [6, 6.07) is 4.01. The molecule has 8 nitrogen and oxygen atoms in total. The molecule has 3 rings (SSSR count). The van der Waals surface area contributed by atoms with Gasteiger partial charge in [0, 0.05) is 24.0 Å². The average Bonchev–Trinajstić information content (AvgIpc) is 3.15. The highest BCUT2D eigenvalue weighted by Crippen LogP contribution is 2.26. The molecular formula is C17H20B3F2N3O5S. The summed E-state index contributed by atoms with van der Waals surface area (Å²) < 4.78 is 66.0. The summed E-state index contributed by atoms with van der Waals surface area (Å²) >= 11 is 0. The Balaban J connectivity index is 1.96. The number of ether oxygens (including phenoxy) is 2. The summed E-state index contributed by atoms with van der Waals surface area (Å²) in [4.78, 5) is 16.2. The second kappa shape index (κ2) is 8.97. The fourth-order valence-corrected chi connectivity index (χ4v) is 4.15. The number of carbonyl (C=O) groups excluding carboxylic acids is 1. The number of halogens is 2. The summed E-state index contributed by atoms with van der Waals surface area (Å²) in [5.41, 5.74) is -0.147. The molecule has 2 aromatic rings. The van der Waals surface area contributed by atoms with E-state index in [-0.39, 0.29) is 28.9 Å². The Kier molecular flexibility index (Phi) is 6.72. The maximum atomic E-state index is 13.9. The van der Waals surface area contributed by atoms with Crippen LogP contribution in [0.5, 0.6) is 5.75 Å². The van der Waals surface area contributed by atoms with Gasteiger partial charge in [-0.1, -0.05) is 0 Å². The van der Waals surface area contributed by atoms with Crippen LogP contribution in [0.3, 0.4) is 0 Å². The maximum Gasteiger partial charge on any atom is 0.260 e. The molecule has 1 saturated heterocycles. The molecule has 0 spiro atoms. The van der Waals surface area contributed by atoms with Crippen molar-refractivity contribution < 1.29 is 31.5 Å². The standard InChI is InChI=1S/C17H20B3F2N3O5S/c18-17(19,20)30-14-2-1-11(31(27,28)25-10-3-4-29-8-10)6-12(14)16(26)24-15-13(22)5-9(21)7-23-15/h1-2,5-7,10,25H,3-4,8,18-20H2,(H,23,24,26)/t10-/m0/s1. The van der Waals surface area contributed by atoms with Crippen LogP contribution in [0.2, 0.25) is 0 Å². The van der Waals surface area contributed by atoms with Gasteiger partial charge < -0.3 is 14.8 Å². The van der Waals surface area contributed by atoms with Gasteiger partial charge in [-0.25, -0.2) is 26.9 Å². The average molecular weight is 449 g/mol. The van der Waals surface area contributed by atoms with E-state index in [2.05, 4.69) is 15.0 Å². The number of carbonyl (C=O) groups is 1. The summed E-state index contributed by atoms with van der Waals surface area (Å²) in [6.45, 7) is 0.711. The van der Waals surface area contributed by atoms with Crippen LogP contribution in [0.4, 0.5) is 14.6 Å². The molecule has 0 unspecified atom stereocenters. The Hall–Kier alpha value is -2.44. The third-order valence-corrected chi connectivity index (χ3v) is 5.73. The van der Waals surface area contributed by atoms with Gasteiger partial charge in [0.15, 0.2) is 11.6 Å². The monoisotopic (exact) mass is 449 g/mol. The Morgan fingerprint density at radius 2 is 2.00 bits per heavy atom. The first-order valence-corrected chi connectivity index (χ1v) is 11.0. The van der Waals surface area contributed by atoms with Gasteiger partial charge >= 0.3 is 0 Å². The lowest BCUT2D eigenvalue weighted by molar-refractivity contribution is 0.102. The van der Waals surface area contributed by atoms with Crippen molar-refractivity contribution >= 4 is 45.3 Å². The second-order valence-corrected chi connectivity index (χ2v) is 9.71. The number of benzene rings is 1. The second-order valence-electron chi connectivity index (χ2n) is 7.99. The van der Waals surface area contributed by atoms with E-state index < -0.39 is 38.7 Å². The molecule has 0 saturated carbocycles. The molecule has 0 radical (unpaired) electrons. The van der Waals surface area contributed by atoms with Gasteiger partial charge in [0.25, 0.3) is 5.91 Å². The molecule has 2 heterocycles. The van der Waals surface area contributed by atoms with Crippen molar-refractivity contribution in [2.24, 2.45) is 0 Å². The SMILES string of the molecule is BC(B)(B)Oc1ccc(S(=O)(=O)N[C@H]2CCOC2)cc1C(=O)Nc1ncc(F)cc1F. The van der Waals surface area contributed by atoms with E-state index in [1.165, 1.54) is 12.1 Å². The number of pyridine rings is 1. The number of rotatable bonds is 7. The number of sulfonamides is 1. The van der Waals surface area contributed by atoms with Crippen molar-refractivity contribution in [1.82, 2.24) is 9.71 Å². The predicted molar refractivity (Wildman–Crippen MR) is 117 cm³/mol. The lowest BCUT2D eigenvalue weighted by Crippen LogP contribution is -2.38. The Labute approximate surface area is 181 Å². The molecule has 1 fully saturated rings. The van der Waals surface area contributed by atoms with Crippen LogP contribution in [-0.4, -0.2) is 67.4 Å². The van der Waals surface area contributed by atoms with E-state index >= 15 is 0 Å². The summed E-state index contributed by atoms with van der Waals surface area (Å²) in [6.07, 6.45) is 1.28. The lowest BCUT2D eigenvalue weighted by Gasteiger charge is -2.24. The maximum absolute atomic E-state index is 13.9. The van der Waals surface area contributed by atoms with Gasteiger partial charge in [-0.2, -0.15) is 0 Å². The minimum Gasteiger partial charge on any atom is -0.513 e. The van der Waals surface area contributed by atoms with Crippen molar-refractivity contribution in [1.29, 1.82) is 0 Å². The molecule has 0 aliphatic carbocycles. The first kappa shape index (κ1) is 23.2. The van der Waals surface area contributed by atoms with E-state index in [1.807, 2.05) is 0 Å². The summed E-state index contributed by atoms with van der Waals surface area (Å²) in [5, 5.41) is 1.52. The molecule has 0 bridgehead atoms. The van der Waals surface area contributed by atoms with Crippen LogP contribution in [0.15, 0.2) is 35.4 Å². The van der Waals surface area contributed by atoms with Gasteiger partial charge in [0.05, 0.1) is 23.3 Å². The van der Waals surface area contributed by atoms with Gasteiger partial charge in [-0.05, 0) is 24.6 Å². The third-order valence-electron chi connectivity index (χ3n) is 4.21. The lowest BCUT2D eigenvalue weighted by atomic mass is 9.52. The predicted octanol–water partition coefficient (Wildman–Crippen LogP) is -1.43. The largest absolute Gasteiger partial charge is 0.513 e. The Morgan fingerprint density at radius 1 is 1.26 bits per heavy atom. The van der Waals surface area contributed by atoms with Gasteiger partial charge in [0.1, 0.15) is 35.1 Å². The van der Waals surface area contributed by atoms with Crippen LogP contribution < -0.4 is 14.8 Å². The fraction of sp³-hybridized carbons (Fsp3) is 0.294. The van der Waals surface area contributed by atoms with Gasteiger partial charge in [0.2, 0.25) is 10.0 Å². The zero-order valence-electron chi connectivity index (χ0n) is 17.2. The molecule has 14 heteroatoms. The van der Waals surface area contributed by atoms with Gasteiger partial charge in [-0.15, -0.1) is 0 Å². The number of aromatic nitrogens is 1. The van der Waals surface area contributed by atoms with Crippen molar-refractivity contribution in [2.45, 2.75) is 22.7 Å². The molecule has 1 aliphatic rings. The Morgan fingerprint density at radius 3 is 2.61 bits per heavy atom. The molecule has 162 valence electrons. The van der Waals surface area contributed by atoms with Crippen molar-refractivity contribution in [3.8, 4) is 5.75 Å². The molecule has 1 atom stereocenters.